The summed E-state index contributed by atoms with van der Waals surface area (Å²) < 4.78 is 5.74. The third kappa shape index (κ3) is 8.17. The Balaban J connectivity index is 0.000000982. The minimum Gasteiger partial charge on any atom is -0.493 e. The first-order valence-electron chi connectivity index (χ1n) is 6.33. The van der Waals surface area contributed by atoms with Gasteiger partial charge in [-0.05, 0) is 28.5 Å². The van der Waals surface area contributed by atoms with E-state index in [0.717, 1.165) is 12.4 Å². The van der Waals surface area contributed by atoms with Crippen LogP contribution in [0.25, 0.3) is 0 Å². The Labute approximate surface area is 116 Å². The predicted octanol–water partition coefficient (Wildman–Crippen LogP) is 3.83. The van der Waals surface area contributed by atoms with Crippen molar-refractivity contribution in [3.8, 4) is 5.75 Å². The van der Waals surface area contributed by atoms with Crippen LogP contribution in [0.15, 0.2) is 24.3 Å². The molecule has 0 fully saturated rings. The van der Waals surface area contributed by atoms with E-state index in [0.29, 0.717) is 0 Å². The topological polar surface area (TPSA) is 43.4 Å². The van der Waals surface area contributed by atoms with Gasteiger partial charge in [-0.1, -0.05) is 53.7 Å². The van der Waals surface area contributed by atoms with Crippen LogP contribution in [-0.2, 0) is 15.0 Å². The lowest BCUT2D eigenvalue weighted by Gasteiger charge is -2.21. The Morgan fingerprint density at radius 1 is 0.947 bits per heavy atom. The van der Waals surface area contributed by atoms with Gasteiger partial charge in [0, 0.05) is 0 Å². The lowest BCUT2D eigenvalue weighted by Crippen LogP contribution is -2.17. The Morgan fingerprint density at radius 2 is 1.37 bits per heavy atom. The third-order valence-electron chi connectivity index (χ3n) is 2.39. The zero-order valence-electron chi connectivity index (χ0n) is 12.7. The van der Waals surface area contributed by atoms with Crippen LogP contribution in [0.1, 0.15) is 47.1 Å². The van der Waals surface area contributed by atoms with Gasteiger partial charge in [0.15, 0.2) is 0 Å². The molecule has 0 amide bonds. The number of ether oxygens (including phenoxy) is 1. The van der Waals surface area contributed by atoms with Gasteiger partial charge >= 0.3 is 6.15 Å². The number of hydrogen-bond acceptors (Lipinski definition) is 3. The van der Waals surface area contributed by atoms with Gasteiger partial charge in [-0.2, -0.15) is 9.59 Å². The van der Waals surface area contributed by atoms with Crippen molar-refractivity contribution >= 4 is 6.15 Å². The van der Waals surface area contributed by atoms with Crippen molar-refractivity contribution in [1.29, 1.82) is 0 Å². The molecule has 0 spiro atoms. The molecular formula is C16H24O3. The molecule has 19 heavy (non-hydrogen) atoms. The standard InChI is InChI=1S/C15H24O.CO2/c1-14(2,3)11-16-13-9-7-12(8-10-13)15(4,5)6;2-1-3/h7-10H,11H2,1-6H3;. The molecule has 0 saturated carbocycles. The lowest BCUT2D eigenvalue weighted by molar-refractivity contribution is -0.191. The summed E-state index contributed by atoms with van der Waals surface area (Å²) >= 11 is 0. The smallest absolute Gasteiger partial charge is 0.373 e. The number of carbonyl (C=O) groups excluding carboxylic acids is 2. The number of rotatable bonds is 2. The highest BCUT2D eigenvalue weighted by Crippen LogP contribution is 2.25. The SMILES string of the molecule is CC(C)(C)COc1ccc(C(C)(C)C)cc1.O=C=O. The van der Waals surface area contributed by atoms with Crippen LogP contribution >= 0.6 is 0 Å². The van der Waals surface area contributed by atoms with E-state index in [-0.39, 0.29) is 17.0 Å². The van der Waals surface area contributed by atoms with Crippen LogP contribution in [0, 0.1) is 5.41 Å². The minimum atomic E-state index is 0.211. The van der Waals surface area contributed by atoms with Gasteiger partial charge in [0.1, 0.15) is 5.75 Å². The molecule has 0 unspecified atom stereocenters. The van der Waals surface area contributed by atoms with Crippen molar-refractivity contribution in [1.82, 2.24) is 0 Å². The van der Waals surface area contributed by atoms with Crippen molar-refractivity contribution in [3.63, 3.8) is 0 Å². The normalized spacial score (nSPS) is 11.1. The lowest BCUT2D eigenvalue weighted by atomic mass is 9.87. The van der Waals surface area contributed by atoms with E-state index in [9.17, 15) is 0 Å². The second-order valence-corrected chi connectivity index (χ2v) is 6.71. The summed E-state index contributed by atoms with van der Waals surface area (Å²) in [5.74, 6) is 0.961. The monoisotopic (exact) mass is 264 g/mol. The molecule has 1 rings (SSSR count). The van der Waals surface area contributed by atoms with E-state index in [2.05, 4.69) is 65.8 Å². The Hall–Kier alpha value is -1.60. The summed E-state index contributed by atoms with van der Waals surface area (Å²) in [6.45, 7) is 13.9. The predicted molar refractivity (Wildman–Crippen MR) is 75.1 cm³/mol. The molecule has 0 aliphatic heterocycles. The van der Waals surface area contributed by atoms with E-state index in [1.54, 1.807) is 0 Å². The van der Waals surface area contributed by atoms with Gasteiger partial charge in [-0.25, -0.2) is 0 Å². The van der Waals surface area contributed by atoms with E-state index in [1.807, 2.05) is 0 Å². The Kier molecular flexibility index (Phi) is 6.51. The highest BCUT2D eigenvalue weighted by molar-refractivity contribution is 5.31. The fraction of sp³-hybridized carbons (Fsp3) is 0.562. The summed E-state index contributed by atoms with van der Waals surface area (Å²) in [5.41, 5.74) is 1.77. The molecule has 0 heterocycles. The number of hydrogen-bond donors (Lipinski definition) is 0. The fourth-order valence-electron chi connectivity index (χ4n) is 1.35. The van der Waals surface area contributed by atoms with E-state index in [4.69, 9.17) is 14.3 Å². The zero-order chi connectivity index (χ0) is 15.1. The summed E-state index contributed by atoms with van der Waals surface area (Å²) in [6, 6.07) is 8.43. The molecule has 106 valence electrons. The average Bonchev–Trinajstić information content (AvgIpc) is 2.26. The maximum atomic E-state index is 8.12. The molecule has 1 aromatic carbocycles. The zero-order valence-corrected chi connectivity index (χ0v) is 12.7. The highest BCUT2D eigenvalue weighted by Gasteiger charge is 2.14. The first-order chi connectivity index (χ1) is 8.60. The van der Waals surface area contributed by atoms with E-state index >= 15 is 0 Å². The molecular weight excluding hydrogens is 240 g/mol. The fourth-order valence-corrected chi connectivity index (χ4v) is 1.35. The van der Waals surface area contributed by atoms with Crippen LogP contribution in [0.5, 0.6) is 5.75 Å². The average molecular weight is 264 g/mol. The van der Waals surface area contributed by atoms with Crippen molar-refractivity contribution in [2.45, 2.75) is 47.0 Å². The van der Waals surface area contributed by atoms with Crippen LogP contribution in [0.3, 0.4) is 0 Å². The van der Waals surface area contributed by atoms with Crippen molar-refractivity contribution in [3.05, 3.63) is 29.8 Å². The van der Waals surface area contributed by atoms with Gasteiger partial charge < -0.3 is 4.74 Å². The van der Waals surface area contributed by atoms with Crippen LogP contribution in [0.2, 0.25) is 0 Å². The van der Waals surface area contributed by atoms with Gasteiger partial charge in [0.25, 0.3) is 0 Å². The second-order valence-electron chi connectivity index (χ2n) is 6.71. The molecule has 0 atom stereocenters. The largest absolute Gasteiger partial charge is 0.493 e. The molecule has 0 aliphatic carbocycles. The molecule has 1 aromatic rings. The van der Waals surface area contributed by atoms with Gasteiger partial charge in [0.2, 0.25) is 0 Å². The minimum absolute atomic E-state index is 0.211. The van der Waals surface area contributed by atoms with Gasteiger partial charge in [-0.3, -0.25) is 0 Å². The molecule has 3 heteroatoms. The van der Waals surface area contributed by atoms with Crippen molar-refractivity contribution in [2.75, 3.05) is 6.61 Å². The first kappa shape index (κ1) is 17.4. The molecule has 0 aliphatic rings. The third-order valence-corrected chi connectivity index (χ3v) is 2.39. The Bertz CT molecular complexity index is 399. The molecule has 0 saturated heterocycles. The molecule has 0 aromatic heterocycles. The van der Waals surface area contributed by atoms with Crippen molar-refractivity contribution < 1.29 is 14.3 Å². The number of benzene rings is 1. The van der Waals surface area contributed by atoms with Crippen LogP contribution < -0.4 is 4.74 Å². The summed E-state index contributed by atoms with van der Waals surface area (Å²) in [4.78, 5) is 16.2. The summed E-state index contributed by atoms with van der Waals surface area (Å²) in [5, 5.41) is 0. The maximum absolute atomic E-state index is 8.12. The summed E-state index contributed by atoms with van der Waals surface area (Å²) in [6.07, 6.45) is 0.250. The van der Waals surface area contributed by atoms with Crippen LogP contribution in [-0.4, -0.2) is 12.8 Å². The van der Waals surface area contributed by atoms with E-state index < -0.39 is 0 Å². The summed E-state index contributed by atoms with van der Waals surface area (Å²) in [7, 11) is 0. The van der Waals surface area contributed by atoms with Gasteiger partial charge in [0.05, 0.1) is 6.61 Å². The molecule has 3 nitrogen and oxygen atoms in total. The molecule has 0 radical (unpaired) electrons. The first-order valence-corrected chi connectivity index (χ1v) is 6.33. The van der Waals surface area contributed by atoms with Crippen molar-refractivity contribution in [2.24, 2.45) is 5.41 Å². The Morgan fingerprint density at radius 3 is 1.68 bits per heavy atom. The second kappa shape index (κ2) is 7.10. The van der Waals surface area contributed by atoms with Crippen LogP contribution in [0.4, 0.5) is 0 Å². The molecule has 0 N–H and O–H groups in total. The maximum Gasteiger partial charge on any atom is 0.373 e. The highest BCUT2D eigenvalue weighted by atomic mass is 16.5. The van der Waals surface area contributed by atoms with Gasteiger partial charge in [-0.15, -0.1) is 0 Å². The quantitative estimate of drug-likeness (QED) is 0.815. The van der Waals surface area contributed by atoms with E-state index in [1.165, 1.54) is 5.56 Å². The molecule has 0 bridgehead atoms.